The van der Waals surface area contributed by atoms with E-state index in [0.717, 1.165) is 18.5 Å². The highest BCUT2D eigenvalue weighted by Gasteiger charge is 2.29. The molecule has 112 valence electrons. The highest BCUT2D eigenvalue weighted by atomic mass is 35.5. The van der Waals surface area contributed by atoms with Crippen molar-refractivity contribution in [3.8, 4) is 0 Å². The fraction of sp³-hybridized carbons (Fsp3) is 0.429. The Morgan fingerprint density at radius 2 is 2.38 bits per heavy atom. The van der Waals surface area contributed by atoms with Crippen LogP contribution in [0.2, 0.25) is 5.02 Å². The lowest BCUT2D eigenvalue weighted by Crippen LogP contribution is -2.16. The second-order valence-electron chi connectivity index (χ2n) is 5.02. The number of aromatic nitrogens is 2. The van der Waals surface area contributed by atoms with E-state index in [1.54, 1.807) is 13.2 Å². The summed E-state index contributed by atoms with van der Waals surface area (Å²) in [6.45, 7) is 0.767. The van der Waals surface area contributed by atoms with Gasteiger partial charge in [0, 0.05) is 25.1 Å². The maximum atomic E-state index is 13.0. The van der Waals surface area contributed by atoms with Crippen LogP contribution in [0.3, 0.4) is 0 Å². The molecule has 1 N–H and O–H groups in total. The molecule has 0 amide bonds. The average molecular weight is 312 g/mol. The summed E-state index contributed by atoms with van der Waals surface area (Å²) in [4.78, 5) is 4.37. The van der Waals surface area contributed by atoms with Gasteiger partial charge in [0.2, 0.25) is 5.89 Å². The van der Waals surface area contributed by atoms with Crippen molar-refractivity contribution in [3.05, 3.63) is 46.3 Å². The highest BCUT2D eigenvalue weighted by molar-refractivity contribution is 6.31. The zero-order valence-electron chi connectivity index (χ0n) is 11.5. The van der Waals surface area contributed by atoms with E-state index in [-0.39, 0.29) is 18.0 Å². The van der Waals surface area contributed by atoms with Gasteiger partial charge in [0.15, 0.2) is 5.82 Å². The van der Waals surface area contributed by atoms with E-state index < -0.39 is 0 Å². The zero-order chi connectivity index (χ0) is 14.8. The van der Waals surface area contributed by atoms with Crippen molar-refractivity contribution in [1.82, 2.24) is 15.5 Å². The van der Waals surface area contributed by atoms with Crippen LogP contribution in [0.4, 0.5) is 4.39 Å². The molecule has 2 atom stereocenters. The predicted octanol–water partition coefficient (Wildman–Crippen LogP) is 2.50. The lowest BCUT2D eigenvalue weighted by molar-refractivity contribution is 0.116. The topological polar surface area (TPSA) is 60.2 Å². The van der Waals surface area contributed by atoms with Gasteiger partial charge in [-0.1, -0.05) is 22.8 Å². The van der Waals surface area contributed by atoms with E-state index in [1.165, 1.54) is 12.1 Å². The van der Waals surface area contributed by atoms with E-state index in [4.69, 9.17) is 20.9 Å². The van der Waals surface area contributed by atoms with Crippen molar-refractivity contribution < 1.29 is 13.7 Å². The largest absolute Gasteiger partial charge is 0.380 e. The number of nitrogens with zero attached hydrogens (tertiary/aromatic N) is 2. The number of hydrogen-bond acceptors (Lipinski definition) is 5. The fourth-order valence-electron chi connectivity index (χ4n) is 2.39. The van der Waals surface area contributed by atoms with Crippen LogP contribution in [0.1, 0.15) is 29.7 Å². The SMILES string of the molecule is CO[C@@H]1CN[C@@H](c2nc(Cc3ccc(F)cc3Cl)no2)C1. The smallest absolute Gasteiger partial charge is 0.243 e. The Morgan fingerprint density at radius 3 is 3.10 bits per heavy atom. The normalized spacial score (nSPS) is 21.9. The molecule has 0 unspecified atom stereocenters. The molecule has 0 saturated carbocycles. The first-order valence-corrected chi connectivity index (χ1v) is 7.06. The molecule has 1 fully saturated rings. The number of halogens is 2. The Labute approximate surface area is 126 Å². The van der Waals surface area contributed by atoms with Crippen LogP contribution < -0.4 is 5.32 Å². The minimum atomic E-state index is -0.363. The summed E-state index contributed by atoms with van der Waals surface area (Å²) in [7, 11) is 1.69. The molecule has 0 spiro atoms. The van der Waals surface area contributed by atoms with Gasteiger partial charge in [-0.05, 0) is 24.1 Å². The Bertz CT molecular complexity index is 634. The third-order valence-electron chi connectivity index (χ3n) is 3.57. The quantitative estimate of drug-likeness (QED) is 0.940. The molecule has 2 aromatic rings. The van der Waals surface area contributed by atoms with Crippen molar-refractivity contribution in [2.24, 2.45) is 0 Å². The number of methoxy groups -OCH3 is 1. The summed E-state index contributed by atoms with van der Waals surface area (Å²) in [5, 5.41) is 7.59. The molecule has 0 radical (unpaired) electrons. The van der Waals surface area contributed by atoms with Crippen molar-refractivity contribution in [2.45, 2.75) is 25.0 Å². The van der Waals surface area contributed by atoms with Crippen LogP contribution in [0.15, 0.2) is 22.7 Å². The number of rotatable bonds is 4. The molecule has 1 aromatic heterocycles. The van der Waals surface area contributed by atoms with Crippen molar-refractivity contribution in [1.29, 1.82) is 0 Å². The maximum absolute atomic E-state index is 13.0. The summed E-state index contributed by atoms with van der Waals surface area (Å²) in [6, 6.07) is 4.28. The monoisotopic (exact) mass is 311 g/mol. The van der Waals surface area contributed by atoms with Crippen LogP contribution >= 0.6 is 11.6 Å². The van der Waals surface area contributed by atoms with Gasteiger partial charge in [0.25, 0.3) is 0 Å². The molecule has 2 heterocycles. The minimum absolute atomic E-state index is 0.0138. The van der Waals surface area contributed by atoms with Crippen LogP contribution in [0, 0.1) is 5.82 Å². The second kappa shape index (κ2) is 6.09. The lowest BCUT2D eigenvalue weighted by atomic mass is 10.1. The van der Waals surface area contributed by atoms with E-state index in [1.807, 2.05) is 0 Å². The van der Waals surface area contributed by atoms with Crippen molar-refractivity contribution >= 4 is 11.6 Å². The molecule has 0 aliphatic carbocycles. The lowest BCUT2D eigenvalue weighted by Gasteiger charge is -2.04. The number of nitrogens with one attached hydrogen (secondary N) is 1. The molecular weight excluding hydrogens is 297 g/mol. The fourth-order valence-corrected chi connectivity index (χ4v) is 2.62. The van der Waals surface area contributed by atoms with E-state index in [9.17, 15) is 4.39 Å². The molecule has 3 rings (SSSR count). The Balaban J connectivity index is 1.70. The highest BCUT2D eigenvalue weighted by Crippen LogP contribution is 2.24. The summed E-state index contributed by atoms with van der Waals surface area (Å²) >= 11 is 6.00. The van der Waals surface area contributed by atoms with Crippen LogP contribution in [0.25, 0.3) is 0 Å². The molecular formula is C14H15ClFN3O2. The Morgan fingerprint density at radius 1 is 1.52 bits per heavy atom. The maximum Gasteiger partial charge on any atom is 0.243 e. The number of benzene rings is 1. The van der Waals surface area contributed by atoms with Crippen molar-refractivity contribution in [2.75, 3.05) is 13.7 Å². The molecule has 1 aromatic carbocycles. The first kappa shape index (κ1) is 14.4. The van der Waals surface area contributed by atoms with Gasteiger partial charge < -0.3 is 14.6 Å². The van der Waals surface area contributed by atoms with Crippen LogP contribution in [0.5, 0.6) is 0 Å². The number of hydrogen-bond donors (Lipinski definition) is 1. The van der Waals surface area contributed by atoms with Gasteiger partial charge in [-0.3, -0.25) is 0 Å². The van der Waals surface area contributed by atoms with E-state index >= 15 is 0 Å². The average Bonchev–Trinajstić information content (AvgIpc) is 3.10. The Kier molecular flexibility index (Phi) is 4.19. The molecule has 5 nitrogen and oxygen atoms in total. The minimum Gasteiger partial charge on any atom is -0.380 e. The molecule has 1 aliphatic rings. The van der Waals surface area contributed by atoms with Gasteiger partial charge >= 0.3 is 0 Å². The molecule has 1 saturated heterocycles. The van der Waals surface area contributed by atoms with Gasteiger partial charge in [0.1, 0.15) is 5.82 Å². The van der Waals surface area contributed by atoms with Gasteiger partial charge in [-0.15, -0.1) is 0 Å². The van der Waals surface area contributed by atoms with Gasteiger partial charge in [0.05, 0.1) is 12.1 Å². The van der Waals surface area contributed by atoms with Crippen LogP contribution in [-0.2, 0) is 11.2 Å². The van der Waals surface area contributed by atoms with Gasteiger partial charge in [-0.2, -0.15) is 4.98 Å². The molecule has 1 aliphatic heterocycles. The standard InChI is InChI=1S/C14H15ClFN3O2/c1-20-10-6-12(17-7-10)14-18-13(19-21-14)4-8-2-3-9(16)5-11(8)15/h2-3,5,10,12,17H,4,6-7H2,1H3/t10-,12+/m0/s1. The van der Waals surface area contributed by atoms with Crippen LogP contribution in [-0.4, -0.2) is 29.9 Å². The summed E-state index contributed by atoms with van der Waals surface area (Å²) in [5.41, 5.74) is 0.763. The summed E-state index contributed by atoms with van der Waals surface area (Å²) in [6.07, 6.45) is 1.37. The van der Waals surface area contributed by atoms with E-state index in [2.05, 4.69) is 15.5 Å². The molecule has 21 heavy (non-hydrogen) atoms. The molecule has 7 heteroatoms. The third-order valence-corrected chi connectivity index (χ3v) is 3.92. The summed E-state index contributed by atoms with van der Waals surface area (Å²) < 4.78 is 23.6. The van der Waals surface area contributed by atoms with E-state index in [0.29, 0.717) is 23.2 Å². The third kappa shape index (κ3) is 3.23. The first-order valence-electron chi connectivity index (χ1n) is 6.68. The Hall–Kier alpha value is -1.50. The molecule has 0 bridgehead atoms. The van der Waals surface area contributed by atoms with Gasteiger partial charge in [-0.25, -0.2) is 4.39 Å². The second-order valence-corrected chi connectivity index (χ2v) is 5.42. The predicted molar refractivity (Wildman–Crippen MR) is 74.7 cm³/mol. The van der Waals surface area contributed by atoms with Crippen molar-refractivity contribution in [3.63, 3.8) is 0 Å². The summed E-state index contributed by atoms with van der Waals surface area (Å²) in [5.74, 6) is 0.710. The zero-order valence-corrected chi connectivity index (χ0v) is 12.2. The number of ether oxygens (including phenoxy) is 1. The first-order chi connectivity index (χ1) is 10.2.